The summed E-state index contributed by atoms with van der Waals surface area (Å²) in [5.74, 6) is 3.31. The second-order valence-electron chi connectivity index (χ2n) is 10.5. The summed E-state index contributed by atoms with van der Waals surface area (Å²) in [5.41, 5.74) is 2.09. The molecule has 32 heavy (non-hydrogen) atoms. The van der Waals surface area contributed by atoms with Gasteiger partial charge in [-0.25, -0.2) is 9.97 Å². The van der Waals surface area contributed by atoms with Crippen LogP contribution in [0.3, 0.4) is 0 Å². The fourth-order valence-corrected chi connectivity index (χ4v) is 5.50. The van der Waals surface area contributed by atoms with Crippen molar-refractivity contribution in [2.45, 2.75) is 77.7 Å². The first kappa shape index (κ1) is 21.8. The lowest BCUT2D eigenvalue weighted by Gasteiger charge is -2.38. The zero-order valence-electron chi connectivity index (χ0n) is 19.7. The highest BCUT2D eigenvalue weighted by molar-refractivity contribution is 5.95. The lowest BCUT2D eigenvalue weighted by atomic mass is 9.98. The molecule has 3 fully saturated rings. The standard InChI is InChI=1S/C25H37N5O2/c1-17-10-13-28(14-11-17)16-23(32)29-12-4-3-5-21(29)24-26-18(2)20-8-9-22(31)30(25(20)27-24)15-19-6-7-19/h17,19,21H,3-16H2,1-2H3/t21-/m0/s1. The molecule has 4 aliphatic rings. The van der Waals surface area contributed by atoms with Gasteiger partial charge in [0.25, 0.3) is 0 Å². The molecule has 7 nitrogen and oxygen atoms in total. The van der Waals surface area contributed by atoms with E-state index in [0.29, 0.717) is 18.9 Å². The predicted octanol–water partition coefficient (Wildman–Crippen LogP) is 3.26. The van der Waals surface area contributed by atoms with Crippen LogP contribution in [-0.2, 0) is 16.0 Å². The van der Waals surface area contributed by atoms with E-state index in [2.05, 4.69) is 11.8 Å². The van der Waals surface area contributed by atoms with Gasteiger partial charge in [-0.3, -0.25) is 19.4 Å². The molecule has 3 aliphatic heterocycles. The molecule has 4 heterocycles. The third-order valence-corrected chi connectivity index (χ3v) is 7.85. The van der Waals surface area contributed by atoms with Crippen molar-refractivity contribution in [1.29, 1.82) is 0 Å². The van der Waals surface area contributed by atoms with Gasteiger partial charge < -0.3 is 4.90 Å². The molecule has 1 saturated carbocycles. The largest absolute Gasteiger partial charge is 0.331 e. The zero-order chi connectivity index (χ0) is 22.2. The molecular formula is C25H37N5O2. The zero-order valence-corrected chi connectivity index (χ0v) is 19.7. The maximum absolute atomic E-state index is 13.3. The summed E-state index contributed by atoms with van der Waals surface area (Å²) in [6, 6.07) is -0.0798. The van der Waals surface area contributed by atoms with E-state index in [1.54, 1.807) is 0 Å². The second-order valence-corrected chi connectivity index (χ2v) is 10.5. The number of hydrogen-bond acceptors (Lipinski definition) is 5. The molecule has 0 radical (unpaired) electrons. The van der Waals surface area contributed by atoms with Gasteiger partial charge in [-0.15, -0.1) is 0 Å². The Hall–Kier alpha value is -2.02. The molecule has 174 valence electrons. The molecule has 7 heteroatoms. The molecule has 1 aromatic rings. The topological polar surface area (TPSA) is 69.6 Å². The van der Waals surface area contributed by atoms with Crippen molar-refractivity contribution in [2.24, 2.45) is 11.8 Å². The number of likely N-dealkylation sites (tertiary alicyclic amines) is 2. The minimum Gasteiger partial charge on any atom is -0.331 e. The van der Waals surface area contributed by atoms with Crippen molar-refractivity contribution in [3.8, 4) is 0 Å². The van der Waals surface area contributed by atoms with Crippen molar-refractivity contribution in [3.05, 3.63) is 17.1 Å². The van der Waals surface area contributed by atoms with E-state index < -0.39 is 0 Å². The van der Waals surface area contributed by atoms with E-state index in [9.17, 15) is 9.59 Å². The fraction of sp³-hybridized carbons (Fsp3) is 0.760. The smallest absolute Gasteiger partial charge is 0.237 e. The Morgan fingerprint density at radius 3 is 2.53 bits per heavy atom. The number of aryl methyl sites for hydroxylation is 1. The van der Waals surface area contributed by atoms with Crippen molar-refractivity contribution in [1.82, 2.24) is 19.8 Å². The number of nitrogens with zero attached hydrogens (tertiary/aromatic N) is 5. The highest BCUT2D eigenvalue weighted by atomic mass is 16.2. The van der Waals surface area contributed by atoms with Crippen molar-refractivity contribution in [3.63, 3.8) is 0 Å². The fourth-order valence-electron chi connectivity index (χ4n) is 5.50. The molecule has 0 N–H and O–H groups in total. The number of anilines is 1. The highest BCUT2D eigenvalue weighted by Gasteiger charge is 2.36. The Morgan fingerprint density at radius 2 is 1.78 bits per heavy atom. The SMILES string of the molecule is Cc1nc([C@@H]2CCCCN2C(=O)CN2CCC(C)CC2)nc2c1CCC(=O)N2CC1CC1. The Morgan fingerprint density at radius 1 is 1.00 bits per heavy atom. The molecule has 0 aromatic carbocycles. The van der Waals surface area contributed by atoms with Crippen LogP contribution in [0.2, 0.25) is 0 Å². The van der Waals surface area contributed by atoms with Gasteiger partial charge in [-0.05, 0) is 83.2 Å². The Bertz CT molecular complexity index is 875. The average Bonchev–Trinajstić information content (AvgIpc) is 3.61. The molecule has 5 rings (SSSR count). The van der Waals surface area contributed by atoms with Crippen LogP contribution in [0.15, 0.2) is 0 Å². The quantitative estimate of drug-likeness (QED) is 0.704. The lowest BCUT2D eigenvalue weighted by Crippen LogP contribution is -2.46. The number of hydrogen-bond donors (Lipinski definition) is 0. The maximum atomic E-state index is 13.3. The number of piperidine rings is 2. The van der Waals surface area contributed by atoms with Gasteiger partial charge in [-0.1, -0.05) is 6.92 Å². The van der Waals surface area contributed by atoms with E-state index in [0.717, 1.165) is 80.7 Å². The van der Waals surface area contributed by atoms with E-state index in [1.165, 1.54) is 25.7 Å². The van der Waals surface area contributed by atoms with Crippen LogP contribution >= 0.6 is 0 Å². The number of amides is 2. The van der Waals surface area contributed by atoms with Crippen LogP contribution in [0.5, 0.6) is 0 Å². The van der Waals surface area contributed by atoms with Gasteiger partial charge in [-0.2, -0.15) is 0 Å². The maximum Gasteiger partial charge on any atom is 0.237 e. The van der Waals surface area contributed by atoms with Gasteiger partial charge in [0.15, 0.2) is 5.82 Å². The third-order valence-electron chi connectivity index (χ3n) is 7.85. The van der Waals surface area contributed by atoms with Gasteiger partial charge in [0.05, 0.1) is 12.6 Å². The molecule has 1 atom stereocenters. The molecule has 0 spiro atoms. The first-order chi connectivity index (χ1) is 15.5. The van der Waals surface area contributed by atoms with Gasteiger partial charge in [0.1, 0.15) is 5.82 Å². The van der Waals surface area contributed by atoms with Gasteiger partial charge in [0, 0.05) is 30.8 Å². The molecular weight excluding hydrogens is 402 g/mol. The van der Waals surface area contributed by atoms with Crippen LogP contribution in [-0.4, -0.2) is 64.3 Å². The van der Waals surface area contributed by atoms with E-state index in [-0.39, 0.29) is 17.9 Å². The lowest BCUT2D eigenvalue weighted by molar-refractivity contribution is -0.137. The summed E-state index contributed by atoms with van der Waals surface area (Å²) in [7, 11) is 0. The predicted molar refractivity (Wildman–Crippen MR) is 123 cm³/mol. The van der Waals surface area contributed by atoms with Crippen LogP contribution in [0, 0.1) is 18.8 Å². The summed E-state index contributed by atoms with van der Waals surface area (Å²) in [5, 5.41) is 0. The number of fused-ring (bicyclic) bond motifs is 1. The number of aromatic nitrogens is 2. The number of rotatable bonds is 5. The van der Waals surface area contributed by atoms with Crippen LogP contribution in [0.25, 0.3) is 0 Å². The second kappa shape index (κ2) is 9.08. The number of carbonyl (C=O) groups excluding carboxylic acids is 2. The summed E-state index contributed by atoms with van der Waals surface area (Å²) in [6.07, 6.45) is 9.05. The van der Waals surface area contributed by atoms with Crippen LogP contribution in [0.4, 0.5) is 5.82 Å². The molecule has 1 aliphatic carbocycles. The van der Waals surface area contributed by atoms with Crippen molar-refractivity contribution < 1.29 is 9.59 Å². The van der Waals surface area contributed by atoms with Crippen molar-refractivity contribution >= 4 is 17.6 Å². The average molecular weight is 440 g/mol. The third kappa shape index (κ3) is 4.54. The first-order valence-corrected chi connectivity index (χ1v) is 12.7. The summed E-state index contributed by atoms with van der Waals surface area (Å²) >= 11 is 0. The summed E-state index contributed by atoms with van der Waals surface area (Å²) < 4.78 is 0. The Balaban J connectivity index is 1.38. The molecule has 2 amide bonds. The first-order valence-electron chi connectivity index (χ1n) is 12.7. The minimum atomic E-state index is -0.0798. The van der Waals surface area contributed by atoms with Crippen LogP contribution in [0.1, 0.15) is 81.4 Å². The molecule has 2 saturated heterocycles. The molecule has 1 aromatic heterocycles. The van der Waals surface area contributed by atoms with E-state index >= 15 is 0 Å². The van der Waals surface area contributed by atoms with Crippen molar-refractivity contribution in [2.75, 3.05) is 37.6 Å². The Kier molecular flexibility index (Phi) is 6.19. The highest BCUT2D eigenvalue weighted by Crippen LogP contribution is 2.37. The monoisotopic (exact) mass is 439 g/mol. The van der Waals surface area contributed by atoms with Crippen LogP contribution < -0.4 is 4.90 Å². The normalized spacial score (nSPS) is 25.2. The van der Waals surface area contributed by atoms with E-state index in [4.69, 9.17) is 9.97 Å². The van der Waals surface area contributed by atoms with Gasteiger partial charge in [0.2, 0.25) is 11.8 Å². The summed E-state index contributed by atoms with van der Waals surface area (Å²) in [6.45, 7) is 8.42. The van der Waals surface area contributed by atoms with E-state index in [1.807, 2.05) is 16.7 Å². The molecule has 0 bridgehead atoms. The minimum absolute atomic E-state index is 0.0798. The van der Waals surface area contributed by atoms with Gasteiger partial charge >= 0.3 is 0 Å². The Labute approximate surface area is 191 Å². The molecule has 0 unspecified atom stereocenters. The number of carbonyl (C=O) groups is 2. The summed E-state index contributed by atoms with van der Waals surface area (Å²) in [4.78, 5) is 42.2.